The molecule has 204 valence electrons. The Labute approximate surface area is 224 Å². The minimum absolute atomic E-state index is 0.000541. The second-order valence-corrected chi connectivity index (χ2v) is 10.2. The third-order valence-corrected chi connectivity index (χ3v) is 6.61. The molecule has 0 aliphatic heterocycles. The number of carbonyl (C=O) groups is 2. The number of nitrogens with one attached hydrogen (secondary N) is 5. The number of carbonyl (C=O) groups excluding carboxylic acids is 2. The van der Waals surface area contributed by atoms with Crippen LogP contribution in [0.5, 0.6) is 0 Å². The van der Waals surface area contributed by atoms with Crippen LogP contribution in [0.1, 0.15) is 35.3 Å². The van der Waals surface area contributed by atoms with Crippen LogP contribution < -0.4 is 32.6 Å². The molecule has 0 saturated heterocycles. The molecule has 2 amide bonds. The standard InChI is InChI=1S/C25H28N8O5S/c1-14(12-30-32-25(28)36)31-19-9-8-17(21(23(26)27)20(19)15(2)34)18-10-11-29-24(35)22(18)33-39(37,38)13-16-6-4-3-5-7-16/h3-11,30,33H,12-13H2,1-2H3,(H3,26,27)(H,29,35)(H3,28,32,36). The van der Waals surface area contributed by atoms with Gasteiger partial charge in [0.15, 0.2) is 5.78 Å². The number of nitrogens with zero attached hydrogens (tertiary/aromatic N) is 1. The molecule has 0 aliphatic rings. The summed E-state index contributed by atoms with van der Waals surface area (Å²) in [4.78, 5) is 43.3. The minimum Gasteiger partial charge on any atom is -0.384 e. The topological polar surface area (TPSA) is 225 Å². The molecule has 13 nitrogen and oxygen atoms in total. The van der Waals surface area contributed by atoms with Crippen molar-refractivity contribution >= 4 is 44.8 Å². The summed E-state index contributed by atoms with van der Waals surface area (Å²) in [5, 5.41) is 8.23. The van der Waals surface area contributed by atoms with Crippen LogP contribution in [0.4, 0.5) is 16.2 Å². The van der Waals surface area contributed by atoms with Gasteiger partial charge in [-0.1, -0.05) is 36.4 Å². The summed E-state index contributed by atoms with van der Waals surface area (Å²) in [5.41, 5.74) is 16.1. The Balaban J connectivity index is 2.13. The molecule has 9 N–H and O–H groups in total. The number of ketones is 1. The number of sulfonamides is 1. The van der Waals surface area contributed by atoms with Crippen molar-refractivity contribution in [1.82, 2.24) is 15.8 Å². The SMILES string of the molecule is CC(=O)c1c(N=C(C)CNNC(N)=O)ccc(-c2cc[nH]c(=O)c2NS(=O)(=O)Cc2ccccc2)c1C(=N)N. The van der Waals surface area contributed by atoms with Crippen LogP contribution in [0.2, 0.25) is 0 Å². The van der Waals surface area contributed by atoms with Gasteiger partial charge in [0.1, 0.15) is 11.5 Å². The van der Waals surface area contributed by atoms with Crippen LogP contribution in [-0.4, -0.2) is 43.3 Å². The third-order valence-electron chi connectivity index (χ3n) is 5.38. The first-order valence-corrected chi connectivity index (χ1v) is 13.2. The number of H-pyrrole nitrogens is 1. The number of aromatic nitrogens is 1. The van der Waals surface area contributed by atoms with Crippen LogP contribution in [0, 0.1) is 5.41 Å². The quantitative estimate of drug-likeness (QED) is 0.0806. The highest BCUT2D eigenvalue weighted by atomic mass is 32.2. The predicted molar refractivity (Wildman–Crippen MR) is 150 cm³/mol. The largest absolute Gasteiger partial charge is 0.384 e. The first-order chi connectivity index (χ1) is 18.4. The number of Topliss-reactive ketones (excluding diaryl/α,β-unsaturated/α-hetero) is 1. The number of hydrazine groups is 1. The average Bonchev–Trinajstić information content (AvgIpc) is 2.84. The lowest BCUT2D eigenvalue weighted by Gasteiger charge is -2.18. The van der Waals surface area contributed by atoms with Crippen molar-refractivity contribution in [2.75, 3.05) is 11.3 Å². The van der Waals surface area contributed by atoms with Crippen molar-refractivity contribution in [3.8, 4) is 11.1 Å². The van der Waals surface area contributed by atoms with Gasteiger partial charge in [-0.3, -0.25) is 30.1 Å². The van der Waals surface area contributed by atoms with E-state index in [4.69, 9.17) is 16.9 Å². The summed E-state index contributed by atoms with van der Waals surface area (Å²) in [6.07, 6.45) is 1.32. The van der Waals surface area contributed by atoms with Crippen molar-refractivity contribution in [2.24, 2.45) is 16.5 Å². The number of aromatic amines is 1. The molecule has 14 heteroatoms. The molecule has 3 rings (SSSR count). The summed E-state index contributed by atoms with van der Waals surface area (Å²) in [6.45, 7) is 3.00. The third kappa shape index (κ3) is 7.37. The summed E-state index contributed by atoms with van der Waals surface area (Å²) in [5.74, 6) is -1.34. The lowest BCUT2D eigenvalue weighted by molar-refractivity contribution is 0.101. The monoisotopic (exact) mass is 552 g/mol. The maximum absolute atomic E-state index is 13.0. The van der Waals surface area contributed by atoms with Crippen LogP contribution >= 0.6 is 0 Å². The van der Waals surface area contributed by atoms with E-state index < -0.39 is 33.2 Å². The van der Waals surface area contributed by atoms with E-state index in [0.29, 0.717) is 11.3 Å². The van der Waals surface area contributed by atoms with Gasteiger partial charge in [0.05, 0.1) is 23.5 Å². The van der Waals surface area contributed by atoms with Crippen LogP contribution in [-0.2, 0) is 15.8 Å². The van der Waals surface area contributed by atoms with Crippen molar-refractivity contribution in [1.29, 1.82) is 5.41 Å². The molecule has 0 radical (unpaired) electrons. The molecule has 0 saturated carbocycles. The Kier molecular flexibility index (Phi) is 8.96. The second kappa shape index (κ2) is 12.1. The van der Waals surface area contributed by atoms with Gasteiger partial charge in [0.25, 0.3) is 5.56 Å². The zero-order valence-corrected chi connectivity index (χ0v) is 22.0. The lowest BCUT2D eigenvalue weighted by Crippen LogP contribution is -2.43. The molecule has 2 aromatic carbocycles. The summed E-state index contributed by atoms with van der Waals surface area (Å²) >= 11 is 0. The molecule has 39 heavy (non-hydrogen) atoms. The average molecular weight is 553 g/mol. The molecule has 3 aromatic rings. The maximum atomic E-state index is 13.0. The number of rotatable bonds is 11. The number of nitrogens with two attached hydrogens (primary N) is 2. The summed E-state index contributed by atoms with van der Waals surface area (Å²) in [7, 11) is -4.03. The van der Waals surface area contributed by atoms with Gasteiger partial charge in [-0.05, 0) is 37.1 Å². The van der Waals surface area contributed by atoms with E-state index in [1.54, 1.807) is 37.3 Å². The highest BCUT2D eigenvalue weighted by Crippen LogP contribution is 2.35. The number of nitrogen functional groups attached to an aromatic ring is 1. The molecule has 0 atom stereocenters. The maximum Gasteiger partial charge on any atom is 0.326 e. The fourth-order valence-corrected chi connectivity index (χ4v) is 5.06. The van der Waals surface area contributed by atoms with Gasteiger partial charge in [-0.2, -0.15) is 0 Å². The summed E-state index contributed by atoms with van der Waals surface area (Å²) < 4.78 is 28.3. The predicted octanol–water partition coefficient (Wildman–Crippen LogP) is 1.74. The highest BCUT2D eigenvalue weighted by molar-refractivity contribution is 7.91. The van der Waals surface area contributed by atoms with E-state index in [-0.39, 0.29) is 45.9 Å². The number of anilines is 1. The smallest absolute Gasteiger partial charge is 0.326 e. The number of aliphatic imine (C=N–C) groups is 1. The first-order valence-electron chi connectivity index (χ1n) is 11.5. The number of primary amides is 1. The fourth-order valence-electron chi connectivity index (χ4n) is 3.84. The number of pyridine rings is 1. The van der Waals surface area contributed by atoms with Crippen molar-refractivity contribution < 1.29 is 18.0 Å². The second-order valence-electron chi connectivity index (χ2n) is 8.48. The number of benzene rings is 2. The molecule has 0 fully saturated rings. The lowest BCUT2D eigenvalue weighted by atomic mass is 9.91. The molecule has 0 unspecified atom stereocenters. The Morgan fingerprint density at radius 2 is 1.69 bits per heavy atom. The van der Waals surface area contributed by atoms with Crippen molar-refractivity contribution in [3.63, 3.8) is 0 Å². The number of hydrogen-bond acceptors (Lipinski definition) is 8. The van der Waals surface area contributed by atoms with Crippen LogP contribution in [0.25, 0.3) is 11.1 Å². The Bertz CT molecular complexity index is 1620. The normalized spacial score (nSPS) is 11.6. The molecule has 0 bridgehead atoms. The number of urea groups is 1. The Hall–Kier alpha value is -4.82. The van der Waals surface area contributed by atoms with Gasteiger partial charge in [0.2, 0.25) is 10.0 Å². The van der Waals surface area contributed by atoms with E-state index in [1.165, 1.54) is 31.3 Å². The Morgan fingerprint density at radius 3 is 2.31 bits per heavy atom. The van der Waals surface area contributed by atoms with Gasteiger partial charge < -0.3 is 16.5 Å². The first kappa shape index (κ1) is 28.7. The van der Waals surface area contributed by atoms with E-state index in [9.17, 15) is 22.8 Å². The van der Waals surface area contributed by atoms with Gasteiger partial charge in [0, 0.05) is 23.0 Å². The van der Waals surface area contributed by atoms with Gasteiger partial charge >= 0.3 is 6.03 Å². The van der Waals surface area contributed by atoms with E-state index >= 15 is 0 Å². The summed E-state index contributed by atoms with van der Waals surface area (Å²) in [6, 6.07) is 12.1. The van der Waals surface area contributed by atoms with E-state index in [2.05, 4.69) is 25.6 Å². The molecule has 0 spiro atoms. The van der Waals surface area contributed by atoms with Gasteiger partial charge in [-0.25, -0.2) is 18.6 Å². The van der Waals surface area contributed by atoms with Crippen LogP contribution in [0.3, 0.4) is 0 Å². The number of hydrogen-bond donors (Lipinski definition) is 7. The zero-order valence-electron chi connectivity index (χ0n) is 21.2. The Morgan fingerprint density at radius 1 is 1.00 bits per heavy atom. The van der Waals surface area contributed by atoms with Crippen molar-refractivity contribution in [2.45, 2.75) is 19.6 Å². The molecule has 1 heterocycles. The highest BCUT2D eigenvalue weighted by Gasteiger charge is 2.24. The fraction of sp³-hybridized carbons (Fsp3) is 0.160. The van der Waals surface area contributed by atoms with Crippen molar-refractivity contribution in [3.05, 3.63) is 81.8 Å². The van der Waals surface area contributed by atoms with Gasteiger partial charge in [-0.15, -0.1) is 0 Å². The molecular formula is C25H28N8O5S. The van der Waals surface area contributed by atoms with E-state index in [0.717, 1.165) is 0 Å². The number of amides is 2. The zero-order chi connectivity index (χ0) is 28.7. The van der Waals surface area contributed by atoms with E-state index in [1.807, 2.05) is 0 Å². The minimum atomic E-state index is -4.03. The van der Waals surface area contributed by atoms with Crippen LogP contribution in [0.15, 0.2) is 64.5 Å². The molecule has 1 aromatic heterocycles. The number of amidine groups is 1. The molecule has 0 aliphatic carbocycles. The molecular weight excluding hydrogens is 524 g/mol.